The molecular weight excluding hydrogens is 172 g/mol. The first-order valence-electron chi connectivity index (χ1n) is 3.32. The molecule has 2 heteroatoms. The molecule has 0 aromatic heterocycles. The van der Waals surface area contributed by atoms with E-state index < -0.39 is 0 Å². The normalized spacial score (nSPS) is 11.6. The lowest BCUT2D eigenvalue weighted by Gasteiger charge is -1.93. The Morgan fingerprint density at radius 3 is 2.55 bits per heavy atom. The van der Waals surface area contributed by atoms with Crippen LogP contribution in [0, 0.1) is 0 Å². The Morgan fingerprint density at radius 1 is 1.36 bits per heavy atom. The van der Waals surface area contributed by atoms with Crippen LogP contribution in [0.2, 0.25) is 0 Å². The third-order valence-electron chi connectivity index (χ3n) is 1.30. The predicted octanol–water partition coefficient (Wildman–Crippen LogP) is 3.28. The lowest BCUT2D eigenvalue weighted by molar-refractivity contribution is 1.66. The van der Waals surface area contributed by atoms with Gasteiger partial charge in [0.05, 0.1) is 0 Å². The molecule has 1 rings (SSSR count). The molecule has 1 aromatic rings. The molecule has 0 atom stereocenters. The SMILES string of the molecule is CS/C(S)=C\c1ccccc1. The van der Waals surface area contributed by atoms with Gasteiger partial charge in [0.2, 0.25) is 0 Å². The van der Waals surface area contributed by atoms with E-state index in [1.165, 1.54) is 5.56 Å². The van der Waals surface area contributed by atoms with Gasteiger partial charge < -0.3 is 0 Å². The van der Waals surface area contributed by atoms with Crippen LogP contribution < -0.4 is 0 Å². The van der Waals surface area contributed by atoms with E-state index in [4.69, 9.17) is 0 Å². The second-order valence-electron chi connectivity index (χ2n) is 2.10. The molecule has 0 spiro atoms. The summed E-state index contributed by atoms with van der Waals surface area (Å²) in [5.41, 5.74) is 1.20. The molecule has 0 saturated heterocycles. The first kappa shape index (κ1) is 8.75. The first-order chi connectivity index (χ1) is 5.33. The molecule has 58 valence electrons. The van der Waals surface area contributed by atoms with E-state index in [-0.39, 0.29) is 0 Å². The molecule has 0 fully saturated rings. The van der Waals surface area contributed by atoms with Gasteiger partial charge in [-0.1, -0.05) is 30.3 Å². The summed E-state index contributed by atoms with van der Waals surface area (Å²) in [5, 5.41) is 0. The van der Waals surface area contributed by atoms with Crippen LogP contribution in [-0.2, 0) is 0 Å². The second kappa shape index (κ2) is 4.52. The lowest BCUT2D eigenvalue weighted by atomic mass is 10.2. The van der Waals surface area contributed by atoms with Crippen LogP contribution in [0.4, 0.5) is 0 Å². The number of rotatable bonds is 2. The number of hydrogen-bond donors (Lipinski definition) is 1. The van der Waals surface area contributed by atoms with E-state index in [0.717, 1.165) is 4.24 Å². The standard InChI is InChI=1S/C9H10S2/c1-11-9(10)7-8-5-3-2-4-6-8/h2-7,10H,1H3/b9-7-. The van der Waals surface area contributed by atoms with Gasteiger partial charge in [0, 0.05) is 4.24 Å². The molecule has 0 N–H and O–H groups in total. The molecule has 1 aromatic carbocycles. The van der Waals surface area contributed by atoms with Crippen molar-refractivity contribution in [3.63, 3.8) is 0 Å². The monoisotopic (exact) mass is 182 g/mol. The highest BCUT2D eigenvalue weighted by Gasteiger charge is 1.87. The van der Waals surface area contributed by atoms with Crippen LogP contribution in [0.1, 0.15) is 5.56 Å². The van der Waals surface area contributed by atoms with Crippen molar-refractivity contribution in [1.82, 2.24) is 0 Å². The van der Waals surface area contributed by atoms with Gasteiger partial charge in [-0.05, 0) is 17.9 Å². The number of hydrogen-bond acceptors (Lipinski definition) is 2. The highest BCUT2D eigenvalue weighted by atomic mass is 32.2. The topological polar surface area (TPSA) is 0 Å². The van der Waals surface area contributed by atoms with Crippen molar-refractivity contribution in [3.05, 3.63) is 40.1 Å². The van der Waals surface area contributed by atoms with Gasteiger partial charge in [0.15, 0.2) is 0 Å². The quantitative estimate of drug-likeness (QED) is 0.685. The van der Waals surface area contributed by atoms with Crippen LogP contribution in [0.25, 0.3) is 6.08 Å². The molecular formula is C9H10S2. The minimum Gasteiger partial charge on any atom is -0.137 e. The predicted molar refractivity (Wildman–Crippen MR) is 56.9 cm³/mol. The summed E-state index contributed by atoms with van der Waals surface area (Å²) >= 11 is 5.91. The van der Waals surface area contributed by atoms with Gasteiger partial charge in [-0.2, -0.15) is 0 Å². The van der Waals surface area contributed by atoms with Crippen molar-refractivity contribution in [2.24, 2.45) is 0 Å². The van der Waals surface area contributed by atoms with Gasteiger partial charge in [-0.15, -0.1) is 24.4 Å². The minimum absolute atomic E-state index is 1.04. The summed E-state index contributed by atoms with van der Waals surface area (Å²) < 4.78 is 1.04. The molecule has 0 nitrogen and oxygen atoms in total. The fourth-order valence-corrected chi connectivity index (χ4v) is 1.15. The Morgan fingerprint density at radius 2 is 2.00 bits per heavy atom. The van der Waals surface area contributed by atoms with E-state index >= 15 is 0 Å². The lowest BCUT2D eigenvalue weighted by Crippen LogP contribution is -1.68. The van der Waals surface area contributed by atoms with Gasteiger partial charge in [-0.3, -0.25) is 0 Å². The summed E-state index contributed by atoms with van der Waals surface area (Å²) in [5.74, 6) is 0. The third kappa shape index (κ3) is 3.04. The van der Waals surface area contributed by atoms with Crippen molar-refractivity contribution in [3.8, 4) is 0 Å². The maximum Gasteiger partial charge on any atom is 0.0373 e. The first-order valence-corrected chi connectivity index (χ1v) is 5.00. The molecule has 0 heterocycles. The molecule has 0 radical (unpaired) electrons. The van der Waals surface area contributed by atoms with Crippen LogP contribution in [0.3, 0.4) is 0 Å². The fraction of sp³-hybridized carbons (Fsp3) is 0.111. The van der Waals surface area contributed by atoms with Crippen molar-refractivity contribution in [2.75, 3.05) is 6.26 Å². The summed E-state index contributed by atoms with van der Waals surface area (Å²) in [6, 6.07) is 10.2. The van der Waals surface area contributed by atoms with Crippen LogP contribution in [0.5, 0.6) is 0 Å². The number of thioether (sulfide) groups is 1. The number of benzene rings is 1. The van der Waals surface area contributed by atoms with Gasteiger partial charge in [-0.25, -0.2) is 0 Å². The van der Waals surface area contributed by atoms with Gasteiger partial charge in [0.1, 0.15) is 0 Å². The maximum absolute atomic E-state index is 4.27. The highest BCUT2D eigenvalue weighted by Crippen LogP contribution is 2.18. The van der Waals surface area contributed by atoms with Gasteiger partial charge >= 0.3 is 0 Å². The summed E-state index contributed by atoms with van der Waals surface area (Å²) in [4.78, 5) is 0. The largest absolute Gasteiger partial charge is 0.137 e. The average molecular weight is 182 g/mol. The smallest absolute Gasteiger partial charge is 0.0373 e. The minimum atomic E-state index is 1.04. The zero-order valence-electron chi connectivity index (χ0n) is 6.32. The van der Waals surface area contributed by atoms with E-state index in [1.807, 2.05) is 30.5 Å². The third-order valence-corrected chi connectivity index (χ3v) is 2.51. The molecule has 0 saturated carbocycles. The highest BCUT2D eigenvalue weighted by molar-refractivity contribution is 8.15. The van der Waals surface area contributed by atoms with E-state index in [2.05, 4.69) is 24.8 Å². The van der Waals surface area contributed by atoms with E-state index in [1.54, 1.807) is 11.8 Å². The average Bonchev–Trinajstić information content (AvgIpc) is 2.06. The summed E-state index contributed by atoms with van der Waals surface area (Å²) in [6.45, 7) is 0. The van der Waals surface area contributed by atoms with E-state index in [9.17, 15) is 0 Å². The Kier molecular flexibility index (Phi) is 3.60. The molecule has 0 aliphatic carbocycles. The van der Waals surface area contributed by atoms with E-state index in [0.29, 0.717) is 0 Å². The van der Waals surface area contributed by atoms with Crippen molar-refractivity contribution >= 4 is 30.5 Å². The Bertz CT molecular complexity index is 239. The van der Waals surface area contributed by atoms with Crippen LogP contribution in [-0.4, -0.2) is 6.26 Å². The molecule has 0 amide bonds. The summed E-state index contributed by atoms with van der Waals surface area (Å²) in [7, 11) is 0. The molecule has 0 aliphatic rings. The fourth-order valence-electron chi connectivity index (χ4n) is 0.751. The van der Waals surface area contributed by atoms with Crippen molar-refractivity contribution in [1.29, 1.82) is 0 Å². The Balaban J connectivity index is 2.79. The molecule has 0 unspecified atom stereocenters. The zero-order chi connectivity index (χ0) is 8.10. The maximum atomic E-state index is 4.27. The second-order valence-corrected chi connectivity index (χ2v) is 3.73. The molecule has 0 aliphatic heterocycles. The van der Waals surface area contributed by atoms with Crippen LogP contribution >= 0.6 is 24.4 Å². The van der Waals surface area contributed by atoms with Crippen LogP contribution in [0.15, 0.2) is 34.6 Å². The summed E-state index contributed by atoms with van der Waals surface area (Å²) in [6.07, 6.45) is 4.07. The Hall–Kier alpha value is -0.340. The van der Waals surface area contributed by atoms with Gasteiger partial charge in [0.25, 0.3) is 0 Å². The van der Waals surface area contributed by atoms with Crippen molar-refractivity contribution in [2.45, 2.75) is 0 Å². The zero-order valence-corrected chi connectivity index (χ0v) is 8.03. The van der Waals surface area contributed by atoms with Crippen molar-refractivity contribution < 1.29 is 0 Å². The molecule has 11 heavy (non-hydrogen) atoms. The Labute approximate surface area is 77.1 Å². The molecule has 0 bridgehead atoms. The number of thiol groups is 1.